The standard InChI is InChI=1S/C18H17NO3/c1-6-9-20-16-12-15(19-14(4)5)13-17(21-10-7-2)18(16)22-11-8-3/h1-3,12-13H,9-11H2,4-5H3. The van der Waals surface area contributed by atoms with Gasteiger partial charge in [-0.3, -0.25) is 4.99 Å². The van der Waals surface area contributed by atoms with Gasteiger partial charge in [0.1, 0.15) is 19.8 Å². The Hall–Kier alpha value is -3.03. The van der Waals surface area contributed by atoms with E-state index in [0.29, 0.717) is 22.9 Å². The number of ether oxygens (including phenoxy) is 3. The molecular formula is C18H17NO3. The van der Waals surface area contributed by atoms with Crippen molar-refractivity contribution in [1.82, 2.24) is 0 Å². The van der Waals surface area contributed by atoms with Gasteiger partial charge in [-0.2, -0.15) is 0 Å². The highest BCUT2D eigenvalue weighted by Gasteiger charge is 2.15. The van der Waals surface area contributed by atoms with Gasteiger partial charge in [-0.25, -0.2) is 0 Å². The van der Waals surface area contributed by atoms with E-state index >= 15 is 0 Å². The molecule has 0 spiro atoms. The Morgan fingerprint density at radius 1 is 0.909 bits per heavy atom. The van der Waals surface area contributed by atoms with Crippen molar-refractivity contribution in [3.8, 4) is 54.3 Å². The van der Waals surface area contributed by atoms with Crippen LogP contribution < -0.4 is 14.2 Å². The first-order chi connectivity index (χ1) is 10.6. The Morgan fingerprint density at radius 3 is 1.77 bits per heavy atom. The lowest BCUT2D eigenvalue weighted by molar-refractivity contribution is 0.286. The second-order valence-electron chi connectivity index (χ2n) is 4.31. The van der Waals surface area contributed by atoms with Crippen molar-refractivity contribution in [2.24, 2.45) is 4.99 Å². The molecule has 4 heteroatoms. The lowest BCUT2D eigenvalue weighted by Crippen LogP contribution is -2.04. The van der Waals surface area contributed by atoms with Gasteiger partial charge in [0.2, 0.25) is 5.75 Å². The smallest absolute Gasteiger partial charge is 0.204 e. The third kappa shape index (κ3) is 5.16. The molecule has 112 valence electrons. The van der Waals surface area contributed by atoms with Crippen LogP contribution in [0.4, 0.5) is 5.69 Å². The van der Waals surface area contributed by atoms with Gasteiger partial charge in [0.15, 0.2) is 11.5 Å². The zero-order valence-electron chi connectivity index (χ0n) is 12.7. The van der Waals surface area contributed by atoms with Crippen LogP contribution in [0, 0.1) is 37.0 Å². The fourth-order valence-electron chi connectivity index (χ4n) is 1.59. The zero-order valence-corrected chi connectivity index (χ0v) is 12.7. The molecule has 0 aliphatic heterocycles. The third-order valence-corrected chi connectivity index (χ3v) is 2.28. The molecule has 0 bridgehead atoms. The summed E-state index contributed by atoms with van der Waals surface area (Å²) in [6, 6.07) is 3.41. The van der Waals surface area contributed by atoms with E-state index in [0.717, 1.165) is 5.71 Å². The fraction of sp³-hybridized carbons (Fsp3) is 0.278. The maximum Gasteiger partial charge on any atom is 0.204 e. The summed E-state index contributed by atoms with van der Waals surface area (Å²) in [7, 11) is 0. The molecule has 0 saturated heterocycles. The Bertz CT molecular complexity index is 626. The Kier molecular flexibility index (Phi) is 6.97. The molecule has 22 heavy (non-hydrogen) atoms. The normalized spacial score (nSPS) is 8.86. The molecule has 0 atom stereocenters. The maximum absolute atomic E-state index is 5.50. The van der Waals surface area contributed by atoms with Crippen molar-refractivity contribution in [2.75, 3.05) is 19.8 Å². The first-order valence-corrected chi connectivity index (χ1v) is 6.51. The Morgan fingerprint density at radius 2 is 1.36 bits per heavy atom. The summed E-state index contributed by atoms with van der Waals surface area (Å²) >= 11 is 0. The second-order valence-corrected chi connectivity index (χ2v) is 4.31. The molecule has 0 unspecified atom stereocenters. The van der Waals surface area contributed by atoms with Crippen LogP contribution >= 0.6 is 0 Å². The van der Waals surface area contributed by atoms with Crippen molar-refractivity contribution in [1.29, 1.82) is 0 Å². The summed E-state index contributed by atoms with van der Waals surface area (Å²) in [5.41, 5.74) is 1.52. The second kappa shape index (κ2) is 9.01. The molecule has 0 aliphatic rings. The zero-order chi connectivity index (χ0) is 16.4. The van der Waals surface area contributed by atoms with Gasteiger partial charge in [0.05, 0.1) is 5.69 Å². The van der Waals surface area contributed by atoms with Crippen LogP contribution in [0.25, 0.3) is 0 Å². The third-order valence-electron chi connectivity index (χ3n) is 2.28. The summed E-state index contributed by atoms with van der Waals surface area (Å²) < 4.78 is 16.5. The lowest BCUT2D eigenvalue weighted by Gasteiger charge is -2.15. The quantitative estimate of drug-likeness (QED) is 0.573. The Balaban J connectivity index is 3.33. The van der Waals surface area contributed by atoms with E-state index in [1.165, 1.54) is 0 Å². The number of terminal acetylenes is 3. The van der Waals surface area contributed by atoms with Crippen molar-refractivity contribution in [2.45, 2.75) is 13.8 Å². The lowest BCUT2D eigenvalue weighted by atomic mass is 10.2. The average molecular weight is 295 g/mol. The summed E-state index contributed by atoms with van der Waals surface area (Å²) in [4.78, 5) is 4.38. The highest BCUT2D eigenvalue weighted by atomic mass is 16.5. The van der Waals surface area contributed by atoms with Crippen LogP contribution in [0.1, 0.15) is 13.8 Å². The number of nitrogens with zero attached hydrogens (tertiary/aromatic N) is 1. The highest BCUT2D eigenvalue weighted by Crippen LogP contribution is 2.41. The topological polar surface area (TPSA) is 40.0 Å². The molecule has 1 aromatic rings. The minimum Gasteiger partial charge on any atom is -0.477 e. The van der Waals surface area contributed by atoms with E-state index in [4.69, 9.17) is 33.5 Å². The molecule has 1 aromatic carbocycles. The van der Waals surface area contributed by atoms with Gasteiger partial charge in [0.25, 0.3) is 0 Å². The monoisotopic (exact) mass is 295 g/mol. The molecular weight excluding hydrogens is 278 g/mol. The van der Waals surface area contributed by atoms with E-state index in [1.807, 2.05) is 13.8 Å². The predicted octanol–water partition coefficient (Wildman–Crippen LogP) is 2.83. The molecule has 0 N–H and O–H groups in total. The molecule has 0 radical (unpaired) electrons. The van der Waals surface area contributed by atoms with Gasteiger partial charge >= 0.3 is 0 Å². The van der Waals surface area contributed by atoms with Crippen LogP contribution in [0.3, 0.4) is 0 Å². The number of rotatable bonds is 7. The van der Waals surface area contributed by atoms with Gasteiger partial charge in [-0.05, 0) is 13.8 Å². The van der Waals surface area contributed by atoms with Gasteiger partial charge in [-0.15, -0.1) is 19.3 Å². The minimum absolute atomic E-state index is 0.0637. The van der Waals surface area contributed by atoms with Gasteiger partial charge in [-0.1, -0.05) is 17.8 Å². The summed E-state index contributed by atoms with van der Waals surface area (Å²) in [5, 5.41) is 0. The maximum atomic E-state index is 5.50. The molecule has 1 rings (SSSR count). The predicted molar refractivity (Wildman–Crippen MR) is 87.9 cm³/mol. The Labute approximate surface area is 131 Å². The number of benzene rings is 1. The molecule has 0 aromatic heterocycles. The van der Waals surface area contributed by atoms with E-state index in [9.17, 15) is 0 Å². The largest absolute Gasteiger partial charge is 0.477 e. The van der Waals surface area contributed by atoms with Crippen molar-refractivity contribution < 1.29 is 14.2 Å². The summed E-state index contributed by atoms with van der Waals surface area (Å²) in [6.07, 6.45) is 15.7. The van der Waals surface area contributed by atoms with Crippen LogP contribution in [-0.2, 0) is 0 Å². The van der Waals surface area contributed by atoms with Gasteiger partial charge < -0.3 is 14.2 Å². The van der Waals surface area contributed by atoms with Crippen LogP contribution in [0.5, 0.6) is 17.2 Å². The summed E-state index contributed by atoms with van der Waals surface area (Å²) in [5.74, 6) is 8.35. The molecule has 0 fully saturated rings. The molecule has 0 aliphatic carbocycles. The van der Waals surface area contributed by atoms with E-state index in [1.54, 1.807) is 12.1 Å². The SMILES string of the molecule is C#CCOc1cc(N=C(C)C)cc(OCC#C)c1OCC#C. The van der Waals surface area contributed by atoms with E-state index in [-0.39, 0.29) is 19.8 Å². The molecule has 4 nitrogen and oxygen atoms in total. The van der Waals surface area contributed by atoms with Gasteiger partial charge in [0, 0.05) is 17.8 Å². The molecule has 0 heterocycles. The molecule has 0 amide bonds. The van der Waals surface area contributed by atoms with Crippen LogP contribution in [0.2, 0.25) is 0 Å². The van der Waals surface area contributed by atoms with Crippen molar-refractivity contribution in [3.05, 3.63) is 12.1 Å². The van der Waals surface area contributed by atoms with E-state index < -0.39 is 0 Å². The minimum atomic E-state index is 0.0637. The number of hydrogen-bond acceptors (Lipinski definition) is 4. The molecule has 0 saturated carbocycles. The van der Waals surface area contributed by atoms with E-state index in [2.05, 4.69) is 22.8 Å². The first-order valence-electron chi connectivity index (χ1n) is 6.51. The number of hydrogen-bond donors (Lipinski definition) is 0. The van der Waals surface area contributed by atoms with Crippen LogP contribution in [-0.4, -0.2) is 25.5 Å². The summed E-state index contributed by atoms with van der Waals surface area (Å²) in [6.45, 7) is 3.99. The van der Waals surface area contributed by atoms with Crippen LogP contribution in [0.15, 0.2) is 17.1 Å². The fourth-order valence-corrected chi connectivity index (χ4v) is 1.59. The van der Waals surface area contributed by atoms with Crippen molar-refractivity contribution >= 4 is 11.4 Å². The average Bonchev–Trinajstić information content (AvgIpc) is 2.48. The highest BCUT2D eigenvalue weighted by molar-refractivity contribution is 5.82. The number of aliphatic imine (C=N–C) groups is 1. The first kappa shape index (κ1) is 17.0. The van der Waals surface area contributed by atoms with Crippen molar-refractivity contribution in [3.63, 3.8) is 0 Å².